The van der Waals surface area contributed by atoms with Gasteiger partial charge in [-0.15, -0.1) is 10.2 Å². The number of non-ortho nitro benzene ring substituents is 1. The van der Waals surface area contributed by atoms with Crippen molar-refractivity contribution in [3.05, 3.63) is 69.8 Å². The van der Waals surface area contributed by atoms with Gasteiger partial charge >= 0.3 is 0 Å². The maximum Gasteiger partial charge on any atom is 0.270 e. The first-order chi connectivity index (χ1) is 12.9. The van der Waals surface area contributed by atoms with Gasteiger partial charge in [0.25, 0.3) is 11.6 Å². The Kier molecular flexibility index (Phi) is 5.48. The first kappa shape index (κ1) is 18.5. The number of benzene rings is 2. The van der Waals surface area contributed by atoms with Gasteiger partial charge in [-0.05, 0) is 25.2 Å². The van der Waals surface area contributed by atoms with Gasteiger partial charge in [0, 0.05) is 23.3 Å². The van der Waals surface area contributed by atoms with Crippen LogP contribution in [0.25, 0.3) is 10.6 Å². The Bertz CT molecular complexity index is 1020. The molecule has 0 bridgehead atoms. The zero-order chi connectivity index (χ0) is 19.4. The Morgan fingerprint density at radius 2 is 1.93 bits per heavy atom. The molecule has 1 heterocycles. The minimum atomic E-state index is -0.568. The monoisotopic (exact) mass is 399 g/mol. The van der Waals surface area contributed by atoms with E-state index in [4.69, 9.17) is 12.2 Å². The summed E-state index contributed by atoms with van der Waals surface area (Å²) in [5, 5.41) is 25.3. The number of nitro benzene ring substituents is 1. The smallest absolute Gasteiger partial charge is 0.270 e. The average Bonchev–Trinajstić information content (AvgIpc) is 3.10. The summed E-state index contributed by atoms with van der Waals surface area (Å²) in [6, 6.07) is 13.2. The number of nitrogens with one attached hydrogen (secondary N) is 2. The number of nitrogens with zero attached hydrogens (tertiary/aromatic N) is 3. The van der Waals surface area contributed by atoms with E-state index in [1.807, 2.05) is 31.2 Å². The molecule has 0 fully saturated rings. The number of aromatic nitrogens is 2. The van der Waals surface area contributed by atoms with Crippen LogP contribution in [0.4, 0.5) is 10.8 Å². The van der Waals surface area contributed by atoms with Crippen molar-refractivity contribution < 1.29 is 9.72 Å². The van der Waals surface area contributed by atoms with Crippen LogP contribution in [-0.2, 0) is 0 Å². The zero-order valence-corrected chi connectivity index (χ0v) is 15.6. The second-order valence-corrected chi connectivity index (χ2v) is 6.88. The van der Waals surface area contributed by atoms with E-state index in [1.54, 1.807) is 0 Å². The Balaban J connectivity index is 1.64. The molecule has 136 valence electrons. The van der Waals surface area contributed by atoms with E-state index in [0.717, 1.165) is 11.1 Å². The Labute approximate surface area is 163 Å². The molecule has 0 aliphatic carbocycles. The second kappa shape index (κ2) is 7.98. The summed E-state index contributed by atoms with van der Waals surface area (Å²) >= 11 is 6.39. The molecule has 2 aromatic carbocycles. The van der Waals surface area contributed by atoms with Gasteiger partial charge in [0.2, 0.25) is 5.13 Å². The van der Waals surface area contributed by atoms with Crippen molar-refractivity contribution in [1.82, 2.24) is 15.5 Å². The maximum atomic E-state index is 12.2. The normalized spacial score (nSPS) is 10.3. The first-order valence-electron chi connectivity index (χ1n) is 7.70. The van der Waals surface area contributed by atoms with Crippen LogP contribution in [-0.4, -0.2) is 26.1 Å². The van der Waals surface area contributed by atoms with Crippen molar-refractivity contribution >= 4 is 45.4 Å². The number of thiocarbonyl (C=S) groups is 1. The summed E-state index contributed by atoms with van der Waals surface area (Å²) < 4.78 is 0. The predicted octanol–water partition coefficient (Wildman–Crippen LogP) is 3.55. The lowest BCUT2D eigenvalue weighted by Gasteiger charge is -2.06. The van der Waals surface area contributed by atoms with Gasteiger partial charge < -0.3 is 5.32 Å². The molecule has 0 spiro atoms. The minimum absolute atomic E-state index is 0.0260. The standard InChI is InChI=1S/C17H13N5O3S2/c1-10-5-7-11(8-6-10)15-20-21-17(27-15)19-16(26)18-14(23)12-3-2-4-13(9-12)22(24)25/h2-9H,1H3,(H2,18,19,21,23,26). The van der Waals surface area contributed by atoms with Crippen molar-refractivity contribution in [3.8, 4) is 10.6 Å². The largest absolute Gasteiger partial charge is 0.307 e. The highest BCUT2D eigenvalue weighted by Crippen LogP contribution is 2.26. The van der Waals surface area contributed by atoms with Crippen molar-refractivity contribution in [2.24, 2.45) is 0 Å². The Hall–Kier alpha value is -3.24. The molecule has 0 aliphatic rings. The van der Waals surface area contributed by atoms with Crippen LogP contribution in [0.15, 0.2) is 48.5 Å². The van der Waals surface area contributed by atoms with Crippen LogP contribution in [0, 0.1) is 17.0 Å². The third-order valence-electron chi connectivity index (χ3n) is 3.49. The fourth-order valence-corrected chi connectivity index (χ4v) is 3.16. The lowest BCUT2D eigenvalue weighted by molar-refractivity contribution is -0.384. The molecule has 8 nitrogen and oxygen atoms in total. The number of hydrogen-bond donors (Lipinski definition) is 2. The predicted molar refractivity (Wildman–Crippen MR) is 107 cm³/mol. The number of amides is 1. The number of rotatable bonds is 4. The molecule has 0 unspecified atom stereocenters. The molecule has 1 aromatic heterocycles. The molecule has 0 radical (unpaired) electrons. The number of hydrogen-bond acceptors (Lipinski definition) is 7. The third kappa shape index (κ3) is 4.68. The molecule has 10 heteroatoms. The van der Waals surface area contributed by atoms with Crippen LogP contribution in [0.5, 0.6) is 0 Å². The van der Waals surface area contributed by atoms with Gasteiger partial charge in [-0.2, -0.15) is 0 Å². The Morgan fingerprint density at radius 3 is 2.63 bits per heavy atom. The van der Waals surface area contributed by atoms with Crippen LogP contribution in [0.3, 0.4) is 0 Å². The topological polar surface area (TPSA) is 110 Å². The van der Waals surface area contributed by atoms with Gasteiger partial charge in [0.05, 0.1) is 4.92 Å². The SMILES string of the molecule is Cc1ccc(-c2nnc(NC(=S)NC(=O)c3cccc([N+](=O)[O-])c3)s2)cc1. The first-order valence-corrected chi connectivity index (χ1v) is 8.92. The van der Waals surface area contributed by atoms with Gasteiger partial charge in [0.15, 0.2) is 5.11 Å². The Morgan fingerprint density at radius 1 is 1.19 bits per heavy atom. The lowest BCUT2D eigenvalue weighted by atomic mass is 10.2. The fraction of sp³-hybridized carbons (Fsp3) is 0.0588. The summed E-state index contributed by atoms with van der Waals surface area (Å²) in [4.78, 5) is 22.4. The molecule has 27 heavy (non-hydrogen) atoms. The number of carbonyl (C=O) groups is 1. The van der Waals surface area contributed by atoms with Gasteiger partial charge in [0.1, 0.15) is 5.01 Å². The minimum Gasteiger partial charge on any atom is -0.307 e. The van der Waals surface area contributed by atoms with E-state index in [2.05, 4.69) is 20.8 Å². The lowest BCUT2D eigenvalue weighted by Crippen LogP contribution is -2.34. The number of anilines is 1. The van der Waals surface area contributed by atoms with Crippen LogP contribution < -0.4 is 10.6 Å². The molecular weight excluding hydrogens is 386 g/mol. The highest BCUT2D eigenvalue weighted by molar-refractivity contribution is 7.80. The second-order valence-electron chi connectivity index (χ2n) is 5.49. The molecule has 0 saturated heterocycles. The highest BCUT2D eigenvalue weighted by atomic mass is 32.1. The molecule has 0 saturated carbocycles. The molecule has 1 amide bonds. The molecule has 2 N–H and O–H groups in total. The van der Waals surface area contributed by atoms with Crippen molar-refractivity contribution in [2.75, 3.05) is 5.32 Å². The third-order valence-corrected chi connectivity index (χ3v) is 4.58. The average molecular weight is 399 g/mol. The van der Waals surface area contributed by atoms with E-state index in [0.29, 0.717) is 10.1 Å². The van der Waals surface area contributed by atoms with E-state index in [9.17, 15) is 14.9 Å². The quantitative estimate of drug-likeness (QED) is 0.392. The van der Waals surface area contributed by atoms with Gasteiger partial charge in [-0.25, -0.2) is 0 Å². The molecular formula is C17H13N5O3S2. The van der Waals surface area contributed by atoms with E-state index < -0.39 is 10.8 Å². The molecule has 0 aliphatic heterocycles. The molecule has 3 aromatic rings. The maximum absolute atomic E-state index is 12.2. The summed E-state index contributed by atoms with van der Waals surface area (Å²) in [7, 11) is 0. The van der Waals surface area contributed by atoms with Gasteiger partial charge in [-0.3, -0.25) is 20.2 Å². The number of nitro groups is 1. The summed E-state index contributed by atoms with van der Waals surface area (Å²) in [5.41, 5.74) is 2.03. The molecule has 0 atom stereocenters. The molecule has 3 rings (SSSR count). The van der Waals surface area contributed by atoms with Crippen LogP contribution in [0.2, 0.25) is 0 Å². The fourth-order valence-electron chi connectivity index (χ4n) is 2.15. The van der Waals surface area contributed by atoms with Crippen molar-refractivity contribution in [2.45, 2.75) is 6.92 Å². The van der Waals surface area contributed by atoms with Crippen molar-refractivity contribution in [3.63, 3.8) is 0 Å². The van der Waals surface area contributed by atoms with Gasteiger partial charge in [-0.1, -0.05) is 47.2 Å². The summed E-state index contributed by atoms with van der Waals surface area (Å²) in [5.74, 6) is -0.556. The van der Waals surface area contributed by atoms with Crippen LogP contribution >= 0.6 is 23.6 Å². The highest BCUT2D eigenvalue weighted by Gasteiger charge is 2.14. The van der Waals surface area contributed by atoms with Crippen LogP contribution in [0.1, 0.15) is 15.9 Å². The van der Waals surface area contributed by atoms with Crippen molar-refractivity contribution in [1.29, 1.82) is 0 Å². The van der Waals surface area contributed by atoms with E-state index in [1.165, 1.54) is 35.6 Å². The summed E-state index contributed by atoms with van der Waals surface area (Å²) in [6.07, 6.45) is 0. The van der Waals surface area contributed by atoms with E-state index >= 15 is 0 Å². The number of aryl methyl sites for hydroxylation is 1. The summed E-state index contributed by atoms with van der Waals surface area (Å²) in [6.45, 7) is 2.00. The number of carbonyl (C=O) groups excluding carboxylic acids is 1. The zero-order valence-electron chi connectivity index (χ0n) is 14.0. The van der Waals surface area contributed by atoms with E-state index in [-0.39, 0.29) is 16.4 Å².